The Morgan fingerprint density at radius 2 is 1.67 bits per heavy atom. The minimum Gasteiger partial charge on any atom is -0.371 e. The van der Waals surface area contributed by atoms with E-state index in [1.807, 2.05) is 0 Å². The first kappa shape index (κ1) is 15.2. The van der Waals surface area contributed by atoms with E-state index in [0.29, 0.717) is 0 Å². The van der Waals surface area contributed by atoms with Crippen molar-refractivity contribution < 1.29 is 0 Å². The molecule has 0 aliphatic heterocycles. The minimum absolute atomic E-state index is 0.989. The van der Waals surface area contributed by atoms with E-state index in [1.54, 1.807) is 11.8 Å². The van der Waals surface area contributed by atoms with Crippen molar-refractivity contribution in [2.45, 2.75) is 58.8 Å². The Morgan fingerprint density at radius 1 is 1.00 bits per heavy atom. The van der Waals surface area contributed by atoms with Crippen LogP contribution in [0.25, 0.3) is 0 Å². The zero-order chi connectivity index (χ0) is 11.4. The molecule has 0 atom stereocenters. The number of thioether (sulfide) groups is 1. The molecule has 0 aliphatic carbocycles. The molecule has 0 rings (SSSR count). The van der Waals surface area contributed by atoms with Crippen molar-refractivity contribution in [3.63, 3.8) is 0 Å². The summed E-state index contributed by atoms with van der Waals surface area (Å²) in [5, 5.41) is 3.31. The maximum Gasteiger partial charge on any atom is 0.133 e. The maximum atomic E-state index is 5.23. The number of hydrogen-bond donors (Lipinski definition) is 1. The van der Waals surface area contributed by atoms with Gasteiger partial charge >= 0.3 is 0 Å². The largest absolute Gasteiger partial charge is 0.371 e. The third-order valence-electron chi connectivity index (χ3n) is 2.28. The number of unbranched alkanes of at least 4 members (excludes halogenated alkanes) is 5. The lowest BCUT2D eigenvalue weighted by Crippen LogP contribution is -2.19. The van der Waals surface area contributed by atoms with Crippen LogP contribution in [0.2, 0.25) is 0 Å². The zero-order valence-corrected chi connectivity index (χ0v) is 11.8. The first-order valence-corrected chi connectivity index (χ1v) is 7.61. The molecule has 0 unspecified atom stereocenters. The van der Waals surface area contributed by atoms with Crippen molar-refractivity contribution in [2.24, 2.45) is 0 Å². The van der Waals surface area contributed by atoms with Crippen LogP contribution in [0.3, 0.4) is 0 Å². The summed E-state index contributed by atoms with van der Waals surface area (Å²) < 4.78 is 0.989. The first-order valence-electron chi connectivity index (χ1n) is 6.21. The van der Waals surface area contributed by atoms with Crippen LogP contribution in [0.15, 0.2) is 0 Å². The Hall–Kier alpha value is 0.240. The summed E-state index contributed by atoms with van der Waals surface area (Å²) in [6, 6.07) is 0. The maximum absolute atomic E-state index is 5.23. The Labute approximate surface area is 105 Å². The van der Waals surface area contributed by atoms with Crippen LogP contribution in [0.5, 0.6) is 0 Å². The third kappa shape index (κ3) is 12.2. The fraction of sp³-hybridized carbons (Fsp3) is 0.917. The molecule has 15 heavy (non-hydrogen) atoms. The Kier molecular flexibility index (Phi) is 12.5. The summed E-state index contributed by atoms with van der Waals surface area (Å²) in [6.45, 7) is 5.52. The van der Waals surface area contributed by atoms with Gasteiger partial charge < -0.3 is 5.32 Å². The van der Waals surface area contributed by atoms with E-state index >= 15 is 0 Å². The number of thiocarbonyl (C=S) groups is 1. The average molecular weight is 247 g/mol. The van der Waals surface area contributed by atoms with Crippen LogP contribution in [0.1, 0.15) is 58.8 Å². The highest BCUT2D eigenvalue weighted by Gasteiger charge is 1.96. The highest BCUT2D eigenvalue weighted by atomic mass is 32.2. The molecular formula is C12H25NS2. The summed E-state index contributed by atoms with van der Waals surface area (Å²) in [5.74, 6) is 1.18. The predicted molar refractivity (Wildman–Crippen MR) is 76.7 cm³/mol. The van der Waals surface area contributed by atoms with Gasteiger partial charge in [0, 0.05) is 12.3 Å². The van der Waals surface area contributed by atoms with Gasteiger partial charge in [-0.05, 0) is 12.8 Å². The average Bonchev–Trinajstić information content (AvgIpc) is 2.24. The van der Waals surface area contributed by atoms with E-state index in [-0.39, 0.29) is 0 Å². The number of rotatable bonds is 9. The second kappa shape index (κ2) is 12.3. The van der Waals surface area contributed by atoms with Gasteiger partial charge in [-0.15, -0.1) is 0 Å². The molecule has 1 N–H and O–H groups in total. The van der Waals surface area contributed by atoms with E-state index in [4.69, 9.17) is 12.2 Å². The van der Waals surface area contributed by atoms with Gasteiger partial charge in [0.15, 0.2) is 0 Å². The number of nitrogens with one attached hydrogen (secondary N) is 1. The van der Waals surface area contributed by atoms with Crippen molar-refractivity contribution in [1.29, 1.82) is 0 Å². The molecule has 0 saturated carbocycles. The normalized spacial score (nSPS) is 10.3. The lowest BCUT2D eigenvalue weighted by Gasteiger charge is -2.06. The topological polar surface area (TPSA) is 12.0 Å². The predicted octanol–water partition coefficient (Wildman–Crippen LogP) is 4.36. The highest BCUT2D eigenvalue weighted by molar-refractivity contribution is 8.22. The second-order valence-electron chi connectivity index (χ2n) is 3.83. The molecule has 0 radical (unpaired) electrons. The molecule has 0 saturated heterocycles. The molecule has 3 heteroatoms. The Morgan fingerprint density at radius 3 is 2.33 bits per heavy atom. The monoisotopic (exact) mass is 247 g/mol. The van der Waals surface area contributed by atoms with E-state index < -0.39 is 0 Å². The fourth-order valence-electron chi connectivity index (χ4n) is 1.31. The zero-order valence-electron chi connectivity index (χ0n) is 10.2. The SMILES string of the molecule is CCCCCCNC(=S)SCCCCC. The summed E-state index contributed by atoms with van der Waals surface area (Å²) in [6.07, 6.45) is 9.13. The van der Waals surface area contributed by atoms with Gasteiger partial charge in [-0.25, -0.2) is 0 Å². The van der Waals surface area contributed by atoms with Crippen molar-refractivity contribution in [2.75, 3.05) is 12.3 Å². The lowest BCUT2D eigenvalue weighted by molar-refractivity contribution is 0.657. The minimum atomic E-state index is 0.989. The molecule has 90 valence electrons. The Bertz CT molecular complexity index is 149. The molecule has 0 amide bonds. The molecule has 0 fully saturated rings. The molecule has 0 bridgehead atoms. The van der Waals surface area contributed by atoms with E-state index in [1.165, 1.54) is 50.7 Å². The fourth-order valence-corrected chi connectivity index (χ4v) is 2.40. The molecular weight excluding hydrogens is 222 g/mol. The van der Waals surface area contributed by atoms with Crippen molar-refractivity contribution in [1.82, 2.24) is 5.32 Å². The van der Waals surface area contributed by atoms with Crippen molar-refractivity contribution in [3.05, 3.63) is 0 Å². The van der Waals surface area contributed by atoms with Crippen LogP contribution >= 0.6 is 24.0 Å². The summed E-state index contributed by atoms with van der Waals surface area (Å²) in [4.78, 5) is 0. The summed E-state index contributed by atoms with van der Waals surface area (Å²) in [5.41, 5.74) is 0. The number of hydrogen-bond acceptors (Lipinski definition) is 2. The smallest absolute Gasteiger partial charge is 0.133 e. The molecule has 1 nitrogen and oxygen atoms in total. The standard InChI is InChI=1S/C12H25NS2/c1-3-5-7-8-10-13-12(14)15-11-9-6-4-2/h3-11H2,1-2H3,(H,13,14). The van der Waals surface area contributed by atoms with Crippen LogP contribution in [-0.2, 0) is 0 Å². The second-order valence-corrected chi connectivity index (χ2v) is 5.60. The van der Waals surface area contributed by atoms with E-state index in [0.717, 1.165) is 10.9 Å². The third-order valence-corrected chi connectivity index (χ3v) is 3.68. The van der Waals surface area contributed by atoms with Crippen LogP contribution in [0, 0.1) is 0 Å². The first-order chi connectivity index (χ1) is 7.31. The molecule has 0 aromatic rings. The van der Waals surface area contributed by atoms with Gasteiger partial charge in [0.05, 0.1) is 0 Å². The van der Waals surface area contributed by atoms with E-state index in [2.05, 4.69) is 19.2 Å². The summed E-state index contributed by atoms with van der Waals surface area (Å²) >= 11 is 7.03. The molecule has 0 aromatic carbocycles. The quantitative estimate of drug-likeness (QED) is 0.480. The van der Waals surface area contributed by atoms with Gasteiger partial charge in [-0.3, -0.25) is 0 Å². The van der Waals surface area contributed by atoms with Crippen LogP contribution in [-0.4, -0.2) is 16.6 Å². The molecule has 0 aromatic heterocycles. The van der Waals surface area contributed by atoms with Crippen LogP contribution in [0.4, 0.5) is 0 Å². The lowest BCUT2D eigenvalue weighted by atomic mass is 10.2. The van der Waals surface area contributed by atoms with Gasteiger partial charge in [-0.2, -0.15) is 0 Å². The van der Waals surface area contributed by atoms with E-state index in [9.17, 15) is 0 Å². The van der Waals surface area contributed by atoms with Crippen LogP contribution < -0.4 is 5.32 Å². The molecule has 0 aliphatic rings. The summed E-state index contributed by atoms with van der Waals surface area (Å²) in [7, 11) is 0. The van der Waals surface area contributed by atoms with Crippen molar-refractivity contribution >= 4 is 28.3 Å². The van der Waals surface area contributed by atoms with Gasteiger partial charge in [0.1, 0.15) is 4.32 Å². The highest BCUT2D eigenvalue weighted by Crippen LogP contribution is 2.07. The molecule has 0 heterocycles. The van der Waals surface area contributed by atoms with Gasteiger partial charge in [0.2, 0.25) is 0 Å². The van der Waals surface area contributed by atoms with Gasteiger partial charge in [-0.1, -0.05) is 69.9 Å². The molecule has 0 spiro atoms. The van der Waals surface area contributed by atoms with Gasteiger partial charge in [0.25, 0.3) is 0 Å². The Balaban J connectivity index is 3.11. The van der Waals surface area contributed by atoms with Crippen molar-refractivity contribution in [3.8, 4) is 0 Å².